The van der Waals surface area contributed by atoms with E-state index < -0.39 is 15.7 Å². The molecule has 0 atom stereocenters. The molecule has 0 bridgehead atoms. The quantitative estimate of drug-likeness (QED) is 0.619. The van der Waals surface area contributed by atoms with E-state index in [0.717, 1.165) is 30.3 Å². The first-order valence-corrected chi connectivity index (χ1v) is 10.2. The number of nitrogens with one attached hydrogen (secondary N) is 1. The second-order valence-electron chi connectivity index (χ2n) is 6.90. The SMILES string of the molecule is CN(C)c1cccc2c(S(=O)(=O)NC3(OC=O)CCCCC3)cccc12. The second kappa shape index (κ2) is 7.25. The standard InChI is InChI=1S/C19H24N2O4S/c1-21(2)17-10-6-9-16-15(17)8-7-11-18(16)26(23,24)20-19(25-14-22)12-4-3-5-13-19/h6-11,14,20H,3-5,12-13H2,1-2H3. The predicted molar refractivity (Wildman–Crippen MR) is 102 cm³/mol. The van der Waals surface area contributed by atoms with Gasteiger partial charge in [0.05, 0.1) is 4.90 Å². The van der Waals surface area contributed by atoms with Crippen molar-refractivity contribution in [2.24, 2.45) is 0 Å². The van der Waals surface area contributed by atoms with E-state index in [-0.39, 0.29) is 4.90 Å². The molecule has 26 heavy (non-hydrogen) atoms. The summed E-state index contributed by atoms with van der Waals surface area (Å²) in [7, 11) is -0.0224. The molecule has 6 nitrogen and oxygen atoms in total. The number of benzene rings is 2. The van der Waals surface area contributed by atoms with Crippen molar-refractivity contribution in [2.75, 3.05) is 19.0 Å². The summed E-state index contributed by atoms with van der Waals surface area (Å²) in [4.78, 5) is 13.1. The Morgan fingerprint density at radius 2 is 1.69 bits per heavy atom. The van der Waals surface area contributed by atoms with Crippen molar-refractivity contribution in [3.05, 3.63) is 36.4 Å². The third-order valence-electron chi connectivity index (χ3n) is 4.89. The Balaban J connectivity index is 2.07. The number of fused-ring (bicyclic) bond motifs is 1. The number of carbonyl (C=O) groups is 1. The molecular formula is C19H24N2O4S. The molecule has 140 valence electrons. The van der Waals surface area contributed by atoms with Gasteiger partial charge in [0.15, 0.2) is 5.72 Å². The first-order valence-electron chi connectivity index (χ1n) is 8.73. The summed E-state index contributed by atoms with van der Waals surface area (Å²) >= 11 is 0. The smallest absolute Gasteiger partial charge is 0.294 e. The van der Waals surface area contributed by atoms with E-state index >= 15 is 0 Å². The van der Waals surface area contributed by atoms with Gasteiger partial charge in [-0.05, 0) is 25.0 Å². The molecule has 0 spiro atoms. The van der Waals surface area contributed by atoms with Crippen molar-refractivity contribution in [3.63, 3.8) is 0 Å². The highest BCUT2D eigenvalue weighted by Crippen LogP contribution is 2.33. The molecule has 2 aromatic rings. The molecular weight excluding hydrogens is 352 g/mol. The zero-order chi connectivity index (χ0) is 18.8. The van der Waals surface area contributed by atoms with Crippen LogP contribution in [0.1, 0.15) is 32.1 Å². The Morgan fingerprint density at radius 1 is 1.04 bits per heavy atom. The number of anilines is 1. The van der Waals surface area contributed by atoms with E-state index in [4.69, 9.17) is 4.74 Å². The summed E-state index contributed by atoms with van der Waals surface area (Å²) in [6.45, 7) is 0.334. The summed E-state index contributed by atoms with van der Waals surface area (Å²) in [5, 5.41) is 1.50. The average Bonchev–Trinajstić information content (AvgIpc) is 2.61. The maximum Gasteiger partial charge on any atom is 0.294 e. The Bertz CT molecular complexity index is 903. The normalized spacial score (nSPS) is 17.0. The molecule has 7 heteroatoms. The van der Waals surface area contributed by atoms with Crippen molar-refractivity contribution in [3.8, 4) is 0 Å². The van der Waals surface area contributed by atoms with Crippen molar-refractivity contribution < 1.29 is 17.9 Å². The maximum absolute atomic E-state index is 13.2. The largest absolute Gasteiger partial charge is 0.445 e. The third-order valence-corrected chi connectivity index (χ3v) is 6.46. The van der Waals surface area contributed by atoms with Crippen LogP contribution in [0.25, 0.3) is 10.8 Å². The van der Waals surface area contributed by atoms with Crippen molar-refractivity contribution in [2.45, 2.75) is 42.7 Å². The molecule has 0 amide bonds. The molecule has 0 aromatic heterocycles. The minimum atomic E-state index is -3.86. The van der Waals surface area contributed by atoms with Gasteiger partial charge in [-0.1, -0.05) is 30.7 Å². The van der Waals surface area contributed by atoms with Crippen LogP contribution in [0.3, 0.4) is 0 Å². The Hall–Kier alpha value is -2.12. The van der Waals surface area contributed by atoms with Gasteiger partial charge in [0, 0.05) is 43.4 Å². The molecule has 2 aromatic carbocycles. The number of hydrogen-bond acceptors (Lipinski definition) is 5. The lowest BCUT2D eigenvalue weighted by Gasteiger charge is -2.35. The van der Waals surface area contributed by atoms with Crippen LogP contribution >= 0.6 is 0 Å². The minimum Gasteiger partial charge on any atom is -0.445 e. The number of sulfonamides is 1. The fraction of sp³-hybridized carbons (Fsp3) is 0.421. The van der Waals surface area contributed by atoms with Crippen LogP contribution < -0.4 is 9.62 Å². The number of carbonyl (C=O) groups excluding carboxylic acids is 1. The van der Waals surface area contributed by atoms with E-state index in [1.54, 1.807) is 18.2 Å². The highest BCUT2D eigenvalue weighted by molar-refractivity contribution is 7.89. The van der Waals surface area contributed by atoms with Gasteiger partial charge in [-0.2, -0.15) is 4.72 Å². The average molecular weight is 376 g/mol. The van der Waals surface area contributed by atoms with Gasteiger partial charge in [-0.3, -0.25) is 4.79 Å². The lowest BCUT2D eigenvalue weighted by atomic mass is 9.92. The molecule has 1 aliphatic rings. The van der Waals surface area contributed by atoms with Crippen LogP contribution in [0.4, 0.5) is 5.69 Å². The molecule has 1 N–H and O–H groups in total. The molecule has 0 unspecified atom stereocenters. The van der Waals surface area contributed by atoms with Crippen LogP contribution in [-0.4, -0.2) is 34.7 Å². The molecule has 1 fully saturated rings. The fourth-order valence-electron chi connectivity index (χ4n) is 3.65. The first kappa shape index (κ1) is 18.7. The summed E-state index contributed by atoms with van der Waals surface area (Å²) < 4.78 is 34.2. The lowest BCUT2D eigenvalue weighted by Crippen LogP contribution is -2.51. The van der Waals surface area contributed by atoms with Crippen molar-refractivity contribution in [1.82, 2.24) is 4.72 Å². The van der Waals surface area contributed by atoms with E-state index in [1.807, 2.05) is 37.2 Å². The summed E-state index contributed by atoms with van der Waals surface area (Å²) in [6, 6.07) is 10.8. The lowest BCUT2D eigenvalue weighted by molar-refractivity contribution is -0.148. The first-order chi connectivity index (χ1) is 12.4. The van der Waals surface area contributed by atoms with Gasteiger partial charge in [-0.25, -0.2) is 8.42 Å². The summed E-state index contributed by atoms with van der Waals surface area (Å²) in [5.74, 6) is 0. The third kappa shape index (κ3) is 3.54. The van der Waals surface area contributed by atoms with E-state index in [0.29, 0.717) is 24.7 Å². The fourth-order valence-corrected chi connectivity index (χ4v) is 5.22. The number of hydrogen-bond donors (Lipinski definition) is 1. The predicted octanol–water partition coefficient (Wildman–Crippen LogP) is 3.02. The minimum absolute atomic E-state index is 0.193. The summed E-state index contributed by atoms with van der Waals surface area (Å²) in [6.07, 6.45) is 3.61. The zero-order valence-electron chi connectivity index (χ0n) is 15.1. The Morgan fingerprint density at radius 3 is 2.35 bits per heavy atom. The Labute approximate surface area is 154 Å². The summed E-state index contributed by atoms with van der Waals surface area (Å²) in [5.41, 5.74) is -0.212. The van der Waals surface area contributed by atoms with E-state index in [9.17, 15) is 13.2 Å². The molecule has 0 radical (unpaired) electrons. The molecule has 0 aliphatic heterocycles. The Kier molecular flexibility index (Phi) is 5.20. The van der Waals surface area contributed by atoms with Crippen LogP contribution in [0, 0.1) is 0 Å². The van der Waals surface area contributed by atoms with Crippen LogP contribution in [0.15, 0.2) is 41.3 Å². The maximum atomic E-state index is 13.2. The van der Waals surface area contributed by atoms with Gasteiger partial charge < -0.3 is 9.64 Å². The van der Waals surface area contributed by atoms with E-state index in [2.05, 4.69) is 4.72 Å². The number of ether oxygens (including phenoxy) is 1. The molecule has 1 saturated carbocycles. The van der Waals surface area contributed by atoms with Crippen molar-refractivity contribution in [1.29, 1.82) is 0 Å². The topological polar surface area (TPSA) is 75.7 Å². The highest BCUT2D eigenvalue weighted by atomic mass is 32.2. The molecule has 1 aliphatic carbocycles. The van der Waals surface area contributed by atoms with Gasteiger partial charge in [0.2, 0.25) is 10.0 Å². The van der Waals surface area contributed by atoms with Gasteiger partial charge in [0.1, 0.15) is 0 Å². The van der Waals surface area contributed by atoms with Gasteiger partial charge >= 0.3 is 0 Å². The number of nitrogens with zero attached hydrogens (tertiary/aromatic N) is 1. The van der Waals surface area contributed by atoms with Crippen molar-refractivity contribution >= 4 is 33.0 Å². The number of rotatable bonds is 6. The zero-order valence-corrected chi connectivity index (χ0v) is 15.9. The highest BCUT2D eigenvalue weighted by Gasteiger charge is 2.38. The molecule has 0 heterocycles. The van der Waals surface area contributed by atoms with Crippen LogP contribution in [0.5, 0.6) is 0 Å². The van der Waals surface area contributed by atoms with Crippen LogP contribution in [0.2, 0.25) is 0 Å². The monoisotopic (exact) mass is 376 g/mol. The van der Waals surface area contributed by atoms with Gasteiger partial charge in [0.25, 0.3) is 6.47 Å². The molecule has 3 rings (SSSR count). The van der Waals surface area contributed by atoms with Gasteiger partial charge in [-0.15, -0.1) is 0 Å². The van der Waals surface area contributed by atoms with E-state index in [1.165, 1.54) is 0 Å². The second-order valence-corrected chi connectivity index (χ2v) is 8.55. The molecule has 0 saturated heterocycles. The van der Waals surface area contributed by atoms with Crippen LogP contribution in [-0.2, 0) is 19.6 Å².